The van der Waals surface area contributed by atoms with Crippen LogP contribution in [0.5, 0.6) is 11.5 Å². The summed E-state index contributed by atoms with van der Waals surface area (Å²) in [5.41, 5.74) is 0.639. The lowest BCUT2D eigenvalue weighted by Gasteiger charge is -2.28. The molecule has 0 aliphatic rings. The Morgan fingerprint density at radius 2 is 1.90 bits per heavy atom. The van der Waals surface area contributed by atoms with E-state index in [-0.39, 0.29) is 36.2 Å². The third kappa shape index (κ3) is 5.93. The number of nitrogens with one attached hydrogen (secondary N) is 1. The molecule has 0 bridgehead atoms. The van der Waals surface area contributed by atoms with Crippen molar-refractivity contribution in [3.63, 3.8) is 0 Å². The Morgan fingerprint density at radius 3 is 2.47 bits per heavy atom. The number of rotatable bonds is 9. The highest BCUT2D eigenvalue weighted by Crippen LogP contribution is 2.30. The number of hydrogen-bond acceptors (Lipinski definition) is 6. The van der Waals surface area contributed by atoms with Gasteiger partial charge in [-0.2, -0.15) is 0 Å². The number of ether oxygens (including phenoxy) is 2. The minimum absolute atomic E-state index is 0.0235. The van der Waals surface area contributed by atoms with E-state index in [9.17, 15) is 19.7 Å². The minimum atomic E-state index is -0.721. The standard InChI is InChI=1S/C20H22BrN3O6/c1-13(20(26)22-2)23(11-14-4-6-15(21)7-5-14)19(25)12-30-16-8-9-17(24(27)28)18(10-16)29-3/h4-10,13H,11-12H2,1-3H3,(H,22,26)/t13-/m0/s1. The minimum Gasteiger partial charge on any atom is -0.490 e. The van der Waals surface area contributed by atoms with E-state index in [0.717, 1.165) is 10.0 Å². The van der Waals surface area contributed by atoms with Crippen LogP contribution in [0.2, 0.25) is 0 Å². The smallest absolute Gasteiger partial charge is 0.311 e. The third-order valence-corrected chi connectivity index (χ3v) is 4.92. The van der Waals surface area contributed by atoms with Gasteiger partial charge in [0.25, 0.3) is 5.91 Å². The van der Waals surface area contributed by atoms with Crippen molar-refractivity contribution in [3.05, 3.63) is 62.6 Å². The molecule has 0 aliphatic heterocycles. The van der Waals surface area contributed by atoms with E-state index >= 15 is 0 Å². The van der Waals surface area contributed by atoms with Gasteiger partial charge in [0.2, 0.25) is 11.7 Å². The highest BCUT2D eigenvalue weighted by atomic mass is 79.9. The lowest BCUT2D eigenvalue weighted by molar-refractivity contribution is -0.385. The van der Waals surface area contributed by atoms with Gasteiger partial charge in [0, 0.05) is 30.2 Å². The average molecular weight is 480 g/mol. The van der Waals surface area contributed by atoms with Gasteiger partial charge in [0.05, 0.1) is 12.0 Å². The molecule has 0 fully saturated rings. The SMILES string of the molecule is CNC(=O)[C@H](C)N(Cc1ccc(Br)cc1)C(=O)COc1ccc([N+](=O)[O-])c(OC)c1. The van der Waals surface area contributed by atoms with Crippen molar-refractivity contribution in [1.29, 1.82) is 0 Å². The number of benzene rings is 2. The Balaban J connectivity index is 2.16. The molecule has 0 saturated heterocycles. The zero-order valence-electron chi connectivity index (χ0n) is 16.8. The fourth-order valence-corrected chi connectivity index (χ4v) is 2.97. The van der Waals surface area contributed by atoms with Crippen LogP contribution in [-0.2, 0) is 16.1 Å². The highest BCUT2D eigenvalue weighted by molar-refractivity contribution is 9.10. The number of carbonyl (C=O) groups is 2. The second-order valence-corrected chi connectivity index (χ2v) is 7.23. The van der Waals surface area contributed by atoms with Crippen molar-refractivity contribution >= 4 is 33.4 Å². The van der Waals surface area contributed by atoms with Crippen molar-refractivity contribution in [2.45, 2.75) is 19.5 Å². The van der Waals surface area contributed by atoms with Gasteiger partial charge in [-0.15, -0.1) is 0 Å². The van der Waals surface area contributed by atoms with Crippen LogP contribution in [0.4, 0.5) is 5.69 Å². The van der Waals surface area contributed by atoms with E-state index in [1.807, 2.05) is 24.3 Å². The fourth-order valence-electron chi connectivity index (χ4n) is 2.70. The van der Waals surface area contributed by atoms with Gasteiger partial charge in [0.15, 0.2) is 6.61 Å². The summed E-state index contributed by atoms with van der Waals surface area (Å²) in [5, 5.41) is 13.5. The summed E-state index contributed by atoms with van der Waals surface area (Å²) < 4.78 is 11.4. The molecular formula is C20H22BrN3O6. The van der Waals surface area contributed by atoms with E-state index in [1.165, 1.54) is 37.3 Å². The Kier molecular flexibility index (Phi) is 8.16. The zero-order chi connectivity index (χ0) is 22.3. The van der Waals surface area contributed by atoms with Gasteiger partial charge in [0.1, 0.15) is 11.8 Å². The number of nitro benzene ring substituents is 1. The number of carbonyl (C=O) groups excluding carboxylic acids is 2. The number of methoxy groups -OCH3 is 1. The molecular weight excluding hydrogens is 458 g/mol. The molecule has 0 aromatic heterocycles. The first-order chi connectivity index (χ1) is 14.3. The number of hydrogen-bond donors (Lipinski definition) is 1. The molecule has 0 heterocycles. The van der Waals surface area contributed by atoms with Crippen molar-refractivity contribution in [2.24, 2.45) is 0 Å². The molecule has 0 unspecified atom stereocenters. The molecule has 10 heteroatoms. The Bertz CT molecular complexity index is 919. The first-order valence-corrected chi connectivity index (χ1v) is 9.76. The van der Waals surface area contributed by atoms with Crippen LogP contribution in [0.3, 0.4) is 0 Å². The summed E-state index contributed by atoms with van der Waals surface area (Å²) in [6.45, 7) is 1.50. The van der Waals surface area contributed by atoms with Crippen molar-refractivity contribution in [3.8, 4) is 11.5 Å². The van der Waals surface area contributed by atoms with Gasteiger partial charge in [-0.05, 0) is 30.7 Å². The highest BCUT2D eigenvalue weighted by Gasteiger charge is 2.26. The molecule has 9 nitrogen and oxygen atoms in total. The molecule has 30 heavy (non-hydrogen) atoms. The molecule has 0 aliphatic carbocycles. The van der Waals surface area contributed by atoms with Gasteiger partial charge < -0.3 is 19.7 Å². The number of nitro groups is 1. The number of nitrogens with zero attached hydrogens (tertiary/aromatic N) is 2. The predicted molar refractivity (Wildman–Crippen MR) is 113 cm³/mol. The Hall–Kier alpha value is -3.14. The van der Waals surface area contributed by atoms with E-state index in [4.69, 9.17) is 9.47 Å². The van der Waals surface area contributed by atoms with Crippen molar-refractivity contribution < 1.29 is 24.0 Å². The van der Waals surface area contributed by atoms with Crippen LogP contribution >= 0.6 is 15.9 Å². The summed E-state index contributed by atoms with van der Waals surface area (Å²) in [6, 6.07) is 10.6. The van der Waals surface area contributed by atoms with E-state index in [1.54, 1.807) is 6.92 Å². The molecule has 2 amide bonds. The molecule has 0 saturated carbocycles. The first-order valence-electron chi connectivity index (χ1n) is 8.97. The topological polar surface area (TPSA) is 111 Å². The van der Waals surface area contributed by atoms with Crippen LogP contribution in [0.1, 0.15) is 12.5 Å². The molecule has 2 aromatic carbocycles. The van der Waals surface area contributed by atoms with Crippen LogP contribution < -0.4 is 14.8 Å². The first kappa shape index (κ1) is 23.1. The summed E-state index contributed by atoms with van der Waals surface area (Å²) >= 11 is 3.36. The van der Waals surface area contributed by atoms with E-state index in [2.05, 4.69) is 21.2 Å². The van der Waals surface area contributed by atoms with Gasteiger partial charge >= 0.3 is 5.69 Å². The lowest BCUT2D eigenvalue weighted by atomic mass is 10.1. The predicted octanol–water partition coefficient (Wildman–Crippen LogP) is 2.91. The lowest BCUT2D eigenvalue weighted by Crippen LogP contribution is -2.48. The Morgan fingerprint density at radius 1 is 1.23 bits per heavy atom. The summed E-state index contributed by atoms with van der Waals surface area (Å²) in [6.07, 6.45) is 0. The summed E-state index contributed by atoms with van der Waals surface area (Å²) in [7, 11) is 2.81. The monoisotopic (exact) mass is 479 g/mol. The van der Waals surface area contributed by atoms with Gasteiger partial charge in [-0.25, -0.2) is 0 Å². The van der Waals surface area contributed by atoms with Gasteiger partial charge in [-0.1, -0.05) is 28.1 Å². The van der Waals surface area contributed by atoms with Gasteiger partial charge in [-0.3, -0.25) is 19.7 Å². The van der Waals surface area contributed by atoms with Crippen molar-refractivity contribution in [1.82, 2.24) is 10.2 Å². The molecule has 2 aromatic rings. The number of halogens is 1. The maximum absolute atomic E-state index is 12.9. The van der Waals surface area contributed by atoms with Crippen LogP contribution in [0.15, 0.2) is 46.9 Å². The number of amides is 2. The summed E-state index contributed by atoms with van der Waals surface area (Å²) in [5.74, 6) is -0.457. The van der Waals surface area contributed by atoms with Crippen LogP contribution in [0, 0.1) is 10.1 Å². The van der Waals surface area contributed by atoms with Crippen LogP contribution in [-0.4, -0.2) is 48.4 Å². The van der Waals surface area contributed by atoms with E-state index < -0.39 is 16.9 Å². The number of likely N-dealkylation sites (N-methyl/N-ethyl adjacent to an activating group) is 1. The second-order valence-electron chi connectivity index (χ2n) is 6.32. The third-order valence-electron chi connectivity index (χ3n) is 4.39. The largest absolute Gasteiger partial charge is 0.490 e. The molecule has 160 valence electrons. The quantitative estimate of drug-likeness (QED) is 0.437. The Labute approximate surface area is 182 Å². The maximum atomic E-state index is 12.9. The molecule has 0 spiro atoms. The molecule has 2 rings (SSSR count). The maximum Gasteiger partial charge on any atom is 0.311 e. The van der Waals surface area contributed by atoms with E-state index in [0.29, 0.717) is 0 Å². The molecule has 1 N–H and O–H groups in total. The zero-order valence-corrected chi connectivity index (χ0v) is 18.3. The molecule has 1 atom stereocenters. The normalized spacial score (nSPS) is 11.3. The fraction of sp³-hybridized carbons (Fsp3) is 0.300. The second kappa shape index (κ2) is 10.6. The average Bonchev–Trinajstić information content (AvgIpc) is 2.75. The van der Waals surface area contributed by atoms with Crippen molar-refractivity contribution in [2.75, 3.05) is 20.8 Å². The van der Waals surface area contributed by atoms with Crippen LogP contribution in [0.25, 0.3) is 0 Å². The summed E-state index contributed by atoms with van der Waals surface area (Å²) in [4.78, 5) is 36.8. The molecule has 0 radical (unpaired) electrons.